The van der Waals surface area contributed by atoms with Gasteiger partial charge in [-0.05, 0) is 18.2 Å². The van der Waals surface area contributed by atoms with Crippen LogP contribution in [0.1, 0.15) is 0 Å². The molecule has 0 heterocycles. The van der Waals surface area contributed by atoms with Crippen LogP contribution >= 0.6 is 23.2 Å². The first kappa shape index (κ1) is 15.0. The molecular weight excluding hydrogens is 279 g/mol. The zero-order valence-electron chi connectivity index (χ0n) is 10.00. The van der Waals surface area contributed by atoms with E-state index in [9.17, 15) is 4.79 Å². The monoisotopic (exact) mass is 292 g/mol. The van der Waals surface area contributed by atoms with Gasteiger partial charge in [-0.15, -0.1) is 0 Å². The molecule has 7 heteroatoms. The predicted molar refractivity (Wildman–Crippen MR) is 71.3 cm³/mol. The highest BCUT2D eigenvalue weighted by Gasteiger charge is 2.08. The highest BCUT2D eigenvalue weighted by atomic mass is 35.5. The number of benzene rings is 1. The Morgan fingerprint density at radius 3 is 2.50 bits per heavy atom. The largest absolute Gasteiger partial charge is 0.354 e. The topological polar surface area (TPSA) is 59.6 Å². The van der Waals surface area contributed by atoms with E-state index in [2.05, 4.69) is 10.6 Å². The number of ether oxygens (including phenoxy) is 2. The molecular formula is C11H14Cl2N2O3. The lowest BCUT2D eigenvalue weighted by Crippen LogP contribution is -2.36. The van der Waals surface area contributed by atoms with Gasteiger partial charge < -0.3 is 20.1 Å². The van der Waals surface area contributed by atoms with Gasteiger partial charge >= 0.3 is 6.03 Å². The summed E-state index contributed by atoms with van der Waals surface area (Å²) in [6, 6.07) is 4.44. The van der Waals surface area contributed by atoms with E-state index in [1.807, 2.05) is 0 Å². The number of hydrogen-bond donors (Lipinski definition) is 2. The Balaban J connectivity index is 2.46. The number of carbonyl (C=O) groups is 1. The number of carbonyl (C=O) groups excluding carboxylic acids is 1. The van der Waals surface area contributed by atoms with Crippen LogP contribution in [-0.4, -0.2) is 33.1 Å². The molecule has 100 valence electrons. The van der Waals surface area contributed by atoms with Crippen molar-refractivity contribution >= 4 is 34.9 Å². The summed E-state index contributed by atoms with van der Waals surface area (Å²) in [6.45, 7) is 0.236. The van der Waals surface area contributed by atoms with Crippen LogP contribution in [0.5, 0.6) is 0 Å². The molecule has 0 saturated carbocycles. The average molecular weight is 293 g/mol. The SMILES string of the molecule is COC(CNC(=O)Nc1ccc(Cl)c(Cl)c1)OC. The number of nitrogens with one attached hydrogen (secondary N) is 2. The molecule has 0 aliphatic rings. The molecule has 2 N–H and O–H groups in total. The maximum atomic E-state index is 11.5. The van der Waals surface area contributed by atoms with E-state index < -0.39 is 6.29 Å². The van der Waals surface area contributed by atoms with Crippen LogP contribution in [0.4, 0.5) is 10.5 Å². The third kappa shape index (κ3) is 4.70. The van der Waals surface area contributed by atoms with Gasteiger partial charge in [-0.1, -0.05) is 23.2 Å². The number of anilines is 1. The molecule has 18 heavy (non-hydrogen) atoms. The Morgan fingerprint density at radius 1 is 1.28 bits per heavy atom. The summed E-state index contributed by atoms with van der Waals surface area (Å²) in [4.78, 5) is 11.5. The van der Waals surface area contributed by atoms with Crippen LogP contribution in [0.25, 0.3) is 0 Å². The molecule has 2 amide bonds. The smallest absolute Gasteiger partial charge is 0.319 e. The van der Waals surface area contributed by atoms with Crippen LogP contribution in [0.2, 0.25) is 10.0 Å². The summed E-state index contributed by atoms with van der Waals surface area (Å²) in [5.41, 5.74) is 0.549. The summed E-state index contributed by atoms with van der Waals surface area (Å²) < 4.78 is 9.86. The van der Waals surface area contributed by atoms with Crippen molar-refractivity contribution in [2.24, 2.45) is 0 Å². The van der Waals surface area contributed by atoms with Gasteiger partial charge in [0.05, 0.1) is 16.6 Å². The van der Waals surface area contributed by atoms with Crippen molar-refractivity contribution in [3.63, 3.8) is 0 Å². The molecule has 1 aromatic carbocycles. The number of methoxy groups -OCH3 is 2. The minimum atomic E-state index is -0.482. The van der Waals surface area contributed by atoms with E-state index >= 15 is 0 Å². The van der Waals surface area contributed by atoms with Crippen molar-refractivity contribution < 1.29 is 14.3 Å². The Kier molecular flexibility index (Phi) is 6.21. The fraction of sp³-hybridized carbons (Fsp3) is 0.364. The van der Waals surface area contributed by atoms with Crippen molar-refractivity contribution in [2.45, 2.75) is 6.29 Å². The normalized spacial score (nSPS) is 10.5. The molecule has 0 radical (unpaired) electrons. The van der Waals surface area contributed by atoms with Crippen molar-refractivity contribution in [3.05, 3.63) is 28.2 Å². The lowest BCUT2D eigenvalue weighted by Gasteiger charge is -2.14. The third-order valence-electron chi connectivity index (χ3n) is 2.13. The van der Waals surface area contributed by atoms with Gasteiger partial charge in [-0.25, -0.2) is 4.79 Å². The van der Waals surface area contributed by atoms with Gasteiger partial charge in [-0.2, -0.15) is 0 Å². The van der Waals surface area contributed by atoms with Crippen molar-refractivity contribution in [3.8, 4) is 0 Å². The lowest BCUT2D eigenvalue weighted by molar-refractivity contribution is -0.0970. The third-order valence-corrected chi connectivity index (χ3v) is 2.87. The highest BCUT2D eigenvalue weighted by Crippen LogP contribution is 2.24. The first-order valence-corrected chi connectivity index (χ1v) is 5.88. The Bertz CT molecular complexity index is 411. The van der Waals surface area contributed by atoms with Crippen molar-refractivity contribution in [2.75, 3.05) is 26.1 Å². The summed E-state index contributed by atoms with van der Waals surface area (Å²) in [7, 11) is 2.99. The maximum Gasteiger partial charge on any atom is 0.319 e. The molecule has 0 aromatic heterocycles. The van der Waals surface area contributed by atoms with Crippen LogP contribution in [0.15, 0.2) is 18.2 Å². The minimum Gasteiger partial charge on any atom is -0.354 e. The number of halogens is 2. The van der Waals surface area contributed by atoms with Gasteiger partial charge in [0.2, 0.25) is 0 Å². The van der Waals surface area contributed by atoms with Gasteiger partial charge in [0.15, 0.2) is 6.29 Å². The van der Waals surface area contributed by atoms with Crippen LogP contribution in [-0.2, 0) is 9.47 Å². The molecule has 0 unspecified atom stereocenters. The Hall–Kier alpha value is -1.01. The minimum absolute atomic E-state index is 0.236. The van der Waals surface area contributed by atoms with E-state index in [1.54, 1.807) is 18.2 Å². The fourth-order valence-electron chi connectivity index (χ4n) is 1.19. The maximum absolute atomic E-state index is 11.5. The number of hydrogen-bond acceptors (Lipinski definition) is 3. The Labute approximate surface area is 115 Å². The summed E-state index contributed by atoms with van der Waals surface area (Å²) in [6.07, 6.45) is -0.482. The second-order valence-corrected chi connectivity index (χ2v) is 4.18. The standard InChI is InChI=1S/C11H14Cl2N2O3/c1-17-10(18-2)6-14-11(16)15-7-3-4-8(12)9(13)5-7/h3-5,10H,6H2,1-2H3,(H2,14,15,16). The van der Waals surface area contributed by atoms with Gasteiger partial charge in [0, 0.05) is 19.9 Å². The molecule has 1 rings (SSSR count). The summed E-state index contributed by atoms with van der Waals surface area (Å²) in [5, 5.41) is 6.01. The summed E-state index contributed by atoms with van der Waals surface area (Å²) >= 11 is 11.6. The zero-order chi connectivity index (χ0) is 13.5. The molecule has 5 nitrogen and oxygen atoms in total. The van der Waals surface area contributed by atoms with E-state index in [-0.39, 0.29) is 12.6 Å². The van der Waals surface area contributed by atoms with Crippen LogP contribution in [0.3, 0.4) is 0 Å². The zero-order valence-corrected chi connectivity index (χ0v) is 11.5. The van der Waals surface area contributed by atoms with Crippen LogP contribution < -0.4 is 10.6 Å². The molecule has 0 saturated heterocycles. The molecule has 0 aliphatic heterocycles. The molecule has 0 aliphatic carbocycles. The van der Waals surface area contributed by atoms with Gasteiger partial charge in [-0.3, -0.25) is 0 Å². The predicted octanol–water partition coefficient (Wildman–Crippen LogP) is 2.73. The Morgan fingerprint density at radius 2 is 1.94 bits per heavy atom. The van der Waals surface area contributed by atoms with Gasteiger partial charge in [0.25, 0.3) is 0 Å². The van der Waals surface area contributed by atoms with E-state index in [0.717, 1.165) is 0 Å². The number of amides is 2. The molecule has 0 bridgehead atoms. The average Bonchev–Trinajstić information content (AvgIpc) is 2.35. The molecule has 0 atom stereocenters. The molecule has 1 aromatic rings. The molecule has 0 spiro atoms. The second kappa shape index (κ2) is 7.43. The van der Waals surface area contributed by atoms with E-state index in [0.29, 0.717) is 15.7 Å². The molecule has 0 fully saturated rings. The number of rotatable bonds is 5. The van der Waals surface area contributed by atoms with Crippen LogP contribution in [0, 0.1) is 0 Å². The lowest BCUT2D eigenvalue weighted by atomic mass is 10.3. The first-order valence-electron chi connectivity index (χ1n) is 5.12. The fourth-order valence-corrected chi connectivity index (χ4v) is 1.49. The van der Waals surface area contributed by atoms with Crippen molar-refractivity contribution in [1.29, 1.82) is 0 Å². The first-order chi connectivity index (χ1) is 8.56. The van der Waals surface area contributed by atoms with E-state index in [1.165, 1.54) is 14.2 Å². The van der Waals surface area contributed by atoms with Crippen molar-refractivity contribution in [1.82, 2.24) is 5.32 Å². The number of urea groups is 1. The van der Waals surface area contributed by atoms with E-state index in [4.69, 9.17) is 32.7 Å². The highest BCUT2D eigenvalue weighted by molar-refractivity contribution is 6.42. The second-order valence-electron chi connectivity index (χ2n) is 3.36. The van der Waals surface area contributed by atoms with Gasteiger partial charge in [0.1, 0.15) is 0 Å². The summed E-state index contributed by atoms with van der Waals surface area (Å²) in [5.74, 6) is 0. The quantitative estimate of drug-likeness (QED) is 0.821.